The molecule has 2 heteroatoms. The number of hydrogen-bond acceptors (Lipinski definition) is 2. The molecule has 0 fully saturated rings. The summed E-state index contributed by atoms with van der Waals surface area (Å²) < 4.78 is 0. The summed E-state index contributed by atoms with van der Waals surface area (Å²) in [6, 6.07) is 16.5. The van der Waals surface area contributed by atoms with Crippen molar-refractivity contribution in [3.63, 3.8) is 0 Å². The van der Waals surface area contributed by atoms with Crippen LogP contribution in [0.2, 0.25) is 0 Å². The van der Waals surface area contributed by atoms with Crippen LogP contribution in [0, 0.1) is 0 Å². The quantitative estimate of drug-likeness (QED) is 0.486. The van der Waals surface area contributed by atoms with E-state index in [9.17, 15) is 0 Å². The van der Waals surface area contributed by atoms with E-state index in [0.29, 0.717) is 0 Å². The average Bonchev–Trinajstić information content (AvgIpc) is 2.55. The zero-order chi connectivity index (χ0) is 14.7. The van der Waals surface area contributed by atoms with Gasteiger partial charge in [0, 0.05) is 17.0 Å². The molecule has 0 radical (unpaired) electrons. The first-order valence-corrected chi connectivity index (χ1v) is 6.94. The summed E-state index contributed by atoms with van der Waals surface area (Å²) in [7, 11) is 0. The molecule has 0 N–H and O–H groups in total. The Labute approximate surface area is 124 Å². The average molecular weight is 272 g/mol. The lowest BCUT2D eigenvalue weighted by atomic mass is 10.0. The molecular weight excluding hydrogens is 256 g/mol. The van der Waals surface area contributed by atoms with E-state index in [0.717, 1.165) is 22.3 Å². The number of hydrogen-bond donors (Lipinski definition) is 0. The smallest absolute Gasteiger partial charge is 0.0968 e. The molecule has 0 unspecified atom stereocenters. The topological polar surface area (TPSA) is 25.2 Å². The first-order valence-electron chi connectivity index (χ1n) is 6.94. The van der Waals surface area contributed by atoms with Crippen molar-refractivity contribution in [2.24, 2.45) is 4.99 Å². The molecule has 0 atom stereocenters. The van der Waals surface area contributed by atoms with E-state index in [1.807, 2.05) is 37.3 Å². The summed E-state index contributed by atoms with van der Waals surface area (Å²) in [6.07, 6.45) is 5.34. The first kappa shape index (κ1) is 13.3. The fourth-order valence-corrected chi connectivity index (χ4v) is 2.50. The lowest BCUT2D eigenvalue weighted by Gasteiger charge is -2.09. The van der Waals surface area contributed by atoms with Gasteiger partial charge in [0.15, 0.2) is 0 Å². The molecule has 0 saturated heterocycles. The fourth-order valence-electron chi connectivity index (χ4n) is 2.50. The number of fused-ring (bicyclic) bond motifs is 3. The molecule has 21 heavy (non-hydrogen) atoms. The van der Waals surface area contributed by atoms with Crippen molar-refractivity contribution in [2.75, 3.05) is 0 Å². The monoisotopic (exact) mass is 272 g/mol. The summed E-state index contributed by atoms with van der Waals surface area (Å²) in [6.45, 7) is 5.65. The Morgan fingerprint density at radius 3 is 2.38 bits per heavy atom. The molecule has 0 bridgehead atoms. The second kappa shape index (κ2) is 5.71. The number of rotatable bonds is 3. The van der Waals surface area contributed by atoms with Crippen LogP contribution in [0.15, 0.2) is 72.3 Å². The maximum absolute atomic E-state index is 4.81. The zero-order valence-corrected chi connectivity index (χ0v) is 12.0. The van der Waals surface area contributed by atoms with Gasteiger partial charge in [-0.3, -0.25) is 4.99 Å². The van der Waals surface area contributed by atoms with Crippen molar-refractivity contribution in [1.82, 2.24) is 4.98 Å². The summed E-state index contributed by atoms with van der Waals surface area (Å²) in [5, 5.41) is 3.48. The van der Waals surface area contributed by atoms with Crippen molar-refractivity contribution >= 4 is 33.6 Å². The lowest BCUT2D eigenvalue weighted by molar-refractivity contribution is 1.34. The van der Waals surface area contributed by atoms with Gasteiger partial charge in [0.05, 0.1) is 16.9 Å². The largest absolute Gasteiger partial charge is 0.255 e. The molecule has 3 rings (SSSR count). The summed E-state index contributed by atoms with van der Waals surface area (Å²) in [4.78, 5) is 9.25. The van der Waals surface area contributed by atoms with Crippen molar-refractivity contribution < 1.29 is 0 Å². The van der Waals surface area contributed by atoms with E-state index in [4.69, 9.17) is 4.98 Å². The van der Waals surface area contributed by atoms with E-state index < -0.39 is 0 Å². The van der Waals surface area contributed by atoms with Crippen LogP contribution >= 0.6 is 0 Å². The van der Waals surface area contributed by atoms with Crippen molar-refractivity contribution in [1.29, 1.82) is 0 Å². The molecule has 0 aliphatic carbocycles. The van der Waals surface area contributed by atoms with Crippen LogP contribution in [-0.4, -0.2) is 11.2 Å². The highest BCUT2D eigenvalue weighted by atomic mass is 14.8. The predicted octanol–water partition coefficient (Wildman–Crippen LogP) is 5.01. The molecule has 0 amide bonds. The van der Waals surface area contributed by atoms with Crippen LogP contribution in [0.25, 0.3) is 27.4 Å². The third-order valence-corrected chi connectivity index (χ3v) is 3.44. The Balaban J connectivity index is 2.40. The molecule has 3 aromatic rings. The molecule has 102 valence electrons. The fraction of sp³-hybridized carbons (Fsp3) is 0.0526. The van der Waals surface area contributed by atoms with Gasteiger partial charge in [0.25, 0.3) is 0 Å². The van der Waals surface area contributed by atoms with Gasteiger partial charge in [0.2, 0.25) is 0 Å². The molecule has 2 aromatic carbocycles. The summed E-state index contributed by atoms with van der Waals surface area (Å²) >= 11 is 0. The SMILES string of the molecule is C=CC=N/C(=C\C)c1nc2ccccc2c2ccccc12. The second-order valence-corrected chi connectivity index (χ2v) is 4.71. The van der Waals surface area contributed by atoms with E-state index in [2.05, 4.69) is 35.8 Å². The predicted molar refractivity (Wildman–Crippen MR) is 91.6 cm³/mol. The van der Waals surface area contributed by atoms with E-state index >= 15 is 0 Å². The van der Waals surface area contributed by atoms with E-state index in [1.54, 1.807) is 12.3 Å². The molecular formula is C19H16N2. The minimum Gasteiger partial charge on any atom is -0.255 e. The third-order valence-electron chi connectivity index (χ3n) is 3.44. The van der Waals surface area contributed by atoms with Gasteiger partial charge in [0.1, 0.15) is 0 Å². The maximum Gasteiger partial charge on any atom is 0.0968 e. The Morgan fingerprint density at radius 1 is 1.00 bits per heavy atom. The van der Waals surface area contributed by atoms with Gasteiger partial charge < -0.3 is 0 Å². The highest BCUT2D eigenvalue weighted by Crippen LogP contribution is 2.30. The van der Waals surface area contributed by atoms with Crippen molar-refractivity contribution in [3.05, 3.63) is 73.0 Å². The van der Waals surface area contributed by atoms with Crippen molar-refractivity contribution in [2.45, 2.75) is 6.92 Å². The Kier molecular flexibility index (Phi) is 3.61. The number of aliphatic imine (C=N–C) groups is 1. The highest BCUT2D eigenvalue weighted by Gasteiger charge is 2.10. The van der Waals surface area contributed by atoms with Crippen molar-refractivity contribution in [3.8, 4) is 0 Å². The zero-order valence-electron chi connectivity index (χ0n) is 12.0. The van der Waals surface area contributed by atoms with Crippen LogP contribution in [0.4, 0.5) is 0 Å². The van der Waals surface area contributed by atoms with Crippen LogP contribution in [0.1, 0.15) is 12.6 Å². The van der Waals surface area contributed by atoms with Gasteiger partial charge in [-0.15, -0.1) is 0 Å². The minimum absolute atomic E-state index is 0.858. The molecule has 0 saturated carbocycles. The highest BCUT2D eigenvalue weighted by molar-refractivity contribution is 6.09. The first-order chi connectivity index (χ1) is 10.3. The van der Waals surface area contributed by atoms with Crippen LogP contribution in [0.5, 0.6) is 0 Å². The molecule has 0 spiro atoms. The van der Waals surface area contributed by atoms with Crippen LogP contribution in [0.3, 0.4) is 0 Å². The maximum atomic E-state index is 4.81. The number of nitrogens with zero attached hydrogens (tertiary/aromatic N) is 2. The second-order valence-electron chi connectivity index (χ2n) is 4.71. The number of aromatic nitrogens is 1. The molecule has 0 aliphatic heterocycles. The molecule has 2 nitrogen and oxygen atoms in total. The van der Waals surface area contributed by atoms with Gasteiger partial charge in [-0.25, -0.2) is 4.98 Å². The third kappa shape index (κ3) is 2.36. The minimum atomic E-state index is 0.858. The summed E-state index contributed by atoms with van der Waals surface area (Å²) in [5.74, 6) is 0. The van der Waals surface area contributed by atoms with Gasteiger partial charge in [-0.2, -0.15) is 0 Å². The Hall–Kier alpha value is -2.74. The Bertz CT molecular complexity index is 873. The van der Waals surface area contributed by atoms with E-state index in [1.165, 1.54) is 10.8 Å². The van der Waals surface area contributed by atoms with Gasteiger partial charge in [-0.1, -0.05) is 61.2 Å². The molecule has 1 aromatic heterocycles. The van der Waals surface area contributed by atoms with Gasteiger partial charge >= 0.3 is 0 Å². The molecule has 1 heterocycles. The van der Waals surface area contributed by atoms with Crippen LogP contribution in [-0.2, 0) is 0 Å². The number of para-hydroxylation sites is 1. The lowest BCUT2D eigenvalue weighted by Crippen LogP contribution is -1.92. The summed E-state index contributed by atoms with van der Waals surface area (Å²) in [5.41, 5.74) is 2.75. The number of allylic oxidation sites excluding steroid dienone is 2. The van der Waals surface area contributed by atoms with Gasteiger partial charge in [-0.05, 0) is 18.4 Å². The van der Waals surface area contributed by atoms with Crippen LogP contribution < -0.4 is 0 Å². The molecule has 0 aliphatic rings. The normalized spacial score (nSPS) is 12.3. The number of pyridine rings is 1. The Morgan fingerprint density at radius 2 is 1.67 bits per heavy atom. The number of benzene rings is 2. The van der Waals surface area contributed by atoms with E-state index in [-0.39, 0.29) is 0 Å². The standard InChI is InChI=1S/C19H16N2/c1-3-13-20-17(4-2)19-16-11-6-5-9-14(16)15-10-7-8-12-18(15)21-19/h3-13H,1H2,2H3/b17-4-,20-13?.